The summed E-state index contributed by atoms with van der Waals surface area (Å²) >= 11 is 0. The predicted molar refractivity (Wildman–Crippen MR) is 56.8 cm³/mol. The van der Waals surface area contributed by atoms with E-state index in [0.29, 0.717) is 13.0 Å². The standard InChI is InChI=1S/C10H22N2O2/c1-9(8-13)12(2)10(14)6-4-3-5-7-11/h9,13H,3-8,11H2,1-2H3. The number of unbranched alkanes of at least 4 members (excludes halogenated alkanes) is 2. The van der Waals surface area contributed by atoms with Gasteiger partial charge in [-0.15, -0.1) is 0 Å². The molecule has 1 atom stereocenters. The number of carbonyl (C=O) groups is 1. The molecule has 4 nitrogen and oxygen atoms in total. The predicted octanol–water partition coefficient (Wildman–Crippen LogP) is 0.345. The lowest BCUT2D eigenvalue weighted by Crippen LogP contribution is -2.37. The fraction of sp³-hybridized carbons (Fsp3) is 0.900. The summed E-state index contributed by atoms with van der Waals surface area (Å²) < 4.78 is 0. The third-order valence-electron chi connectivity index (χ3n) is 2.41. The molecule has 0 heterocycles. The van der Waals surface area contributed by atoms with Crippen molar-refractivity contribution in [3.63, 3.8) is 0 Å². The minimum absolute atomic E-state index is 0.0189. The van der Waals surface area contributed by atoms with Gasteiger partial charge in [0.1, 0.15) is 0 Å². The molecule has 0 spiro atoms. The summed E-state index contributed by atoms with van der Waals surface area (Å²) in [5, 5.41) is 8.85. The van der Waals surface area contributed by atoms with Gasteiger partial charge in [0.15, 0.2) is 0 Å². The van der Waals surface area contributed by atoms with Crippen molar-refractivity contribution in [2.24, 2.45) is 5.73 Å². The molecule has 14 heavy (non-hydrogen) atoms. The molecular weight excluding hydrogens is 180 g/mol. The van der Waals surface area contributed by atoms with Gasteiger partial charge in [-0.2, -0.15) is 0 Å². The van der Waals surface area contributed by atoms with Crippen LogP contribution in [0.1, 0.15) is 32.6 Å². The zero-order chi connectivity index (χ0) is 11.0. The summed E-state index contributed by atoms with van der Waals surface area (Å²) in [4.78, 5) is 13.1. The highest BCUT2D eigenvalue weighted by atomic mass is 16.3. The first-order chi connectivity index (χ1) is 6.63. The highest BCUT2D eigenvalue weighted by molar-refractivity contribution is 5.76. The summed E-state index contributed by atoms with van der Waals surface area (Å²) in [6.45, 7) is 2.54. The largest absolute Gasteiger partial charge is 0.394 e. The Labute approximate surface area is 86.1 Å². The summed E-state index contributed by atoms with van der Waals surface area (Å²) in [6.07, 6.45) is 3.43. The topological polar surface area (TPSA) is 66.6 Å². The van der Waals surface area contributed by atoms with Crippen LogP contribution in [-0.2, 0) is 4.79 Å². The van der Waals surface area contributed by atoms with Gasteiger partial charge in [0.05, 0.1) is 12.6 Å². The van der Waals surface area contributed by atoms with Crippen LogP contribution in [0.3, 0.4) is 0 Å². The van der Waals surface area contributed by atoms with Gasteiger partial charge in [-0.25, -0.2) is 0 Å². The molecule has 0 saturated heterocycles. The maximum absolute atomic E-state index is 11.5. The van der Waals surface area contributed by atoms with Crippen LogP contribution in [0.25, 0.3) is 0 Å². The van der Waals surface area contributed by atoms with Crippen molar-refractivity contribution in [1.82, 2.24) is 4.90 Å². The van der Waals surface area contributed by atoms with E-state index in [4.69, 9.17) is 10.8 Å². The number of likely N-dealkylation sites (N-methyl/N-ethyl adjacent to an activating group) is 1. The molecular formula is C10H22N2O2. The van der Waals surface area contributed by atoms with Gasteiger partial charge >= 0.3 is 0 Å². The summed E-state index contributed by atoms with van der Waals surface area (Å²) in [5.41, 5.74) is 5.35. The summed E-state index contributed by atoms with van der Waals surface area (Å²) in [6, 6.07) is -0.0861. The monoisotopic (exact) mass is 202 g/mol. The number of aliphatic hydroxyl groups is 1. The van der Waals surface area contributed by atoms with Crippen LogP contribution in [0.5, 0.6) is 0 Å². The van der Waals surface area contributed by atoms with Gasteiger partial charge in [-0.3, -0.25) is 4.79 Å². The third kappa shape index (κ3) is 5.19. The zero-order valence-corrected chi connectivity index (χ0v) is 9.20. The Morgan fingerprint density at radius 2 is 2.07 bits per heavy atom. The zero-order valence-electron chi connectivity index (χ0n) is 9.20. The Balaban J connectivity index is 3.62. The summed E-state index contributed by atoms with van der Waals surface area (Å²) in [7, 11) is 1.73. The van der Waals surface area contributed by atoms with E-state index in [-0.39, 0.29) is 18.6 Å². The van der Waals surface area contributed by atoms with Crippen molar-refractivity contribution in [3.05, 3.63) is 0 Å². The Hall–Kier alpha value is -0.610. The molecule has 0 aromatic heterocycles. The number of rotatable bonds is 7. The van der Waals surface area contributed by atoms with E-state index in [9.17, 15) is 4.79 Å². The number of nitrogens with zero attached hydrogens (tertiary/aromatic N) is 1. The van der Waals surface area contributed by atoms with Crippen LogP contribution >= 0.6 is 0 Å². The number of aliphatic hydroxyl groups excluding tert-OH is 1. The van der Waals surface area contributed by atoms with Crippen LogP contribution in [0.15, 0.2) is 0 Å². The normalized spacial score (nSPS) is 12.6. The molecule has 0 bridgehead atoms. The molecule has 1 amide bonds. The van der Waals surface area contributed by atoms with Crippen molar-refractivity contribution in [3.8, 4) is 0 Å². The lowest BCUT2D eigenvalue weighted by atomic mass is 10.1. The Bertz CT molecular complexity index is 162. The number of amides is 1. The fourth-order valence-electron chi connectivity index (χ4n) is 1.14. The van der Waals surface area contributed by atoms with Gasteiger partial charge in [0, 0.05) is 13.5 Å². The highest BCUT2D eigenvalue weighted by Crippen LogP contribution is 2.04. The fourth-order valence-corrected chi connectivity index (χ4v) is 1.14. The first kappa shape index (κ1) is 13.4. The smallest absolute Gasteiger partial charge is 0.222 e. The number of nitrogens with two attached hydrogens (primary N) is 1. The van der Waals surface area contributed by atoms with E-state index in [1.54, 1.807) is 11.9 Å². The molecule has 84 valence electrons. The lowest BCUT2D eigenvalue weighted by Gasteiger charge is -2.23. The minimum atomic E-state index is -0.0861. The van der Waals surface area contributed by atoms with Crippen molar-refractivity contribution in [1.29, 1.82) is 0 Å². The first-order valence-electron chi connectivity index (χ1n) is 5.20. The maximum Gasteiger partial charge on any atom is 0.222 e. The molecule has 0 saturated carbocycles. The quantitative estimate of drug-likeness (QED) is 0.585. The van der Waals surface area contributed by atoms with Crippen molar-refractivity contribution < 1.29 is 9.90 Å². The number of carbonyl (C=O) groups excluding carboxylic acids is 1. The molecule has 0 aliphatic carbocycles. The molecule has 0 aliphatic rings. The van der Waals surface area contributed by atoms with E-state index in [2.05, 4.69) is 0 Å². The second kappa shape index (κ2) is 7.76. The number of hydrogen-bond donors (Lipinski definition) is 2. The van der Waals surface area contributed by atoms with Crippen molar-refractivity contribution in [2.45, 2.75) is 38.6 Å². The Morgan fingerprint density at radius 3 is 2.57 bits per heavy atom. The number of hydrogen-bond acceptors (Lipinski definition) is 3. The third-order valence-corrected chi connectivity index (χ3v) is 2.41. The molecule has 0 radical (unpaired) electrons. The van der Waals surface area contributed by atoms with E-state index in [1.807, 2.05) is 6.92 Å². The molecule has 0 aliphatic heterocycles. The Morgan fingerprint density at radius 1 is 1.43 bits per heavy atom. The van der Waals surface area contributed by atoms with E-state index < -0.39 is 0 Å². The Kier molecular flexibility index (Phi) is 7.42. The van der Waals surface area contributed by atoms with Crippen LogP contribution in [0, 0.1) is 0 Å². The van der Waals surface area contributed by atoms with E-state index in [1.165, 1.54) is 0 Å². The van der Waals surface area contributed by atoms with Gasteiger partial charge in [0.25, 0.3) is 0 Å². The van der Waals surface area contributed by atoms with Crippen LogP contribution in [0.2, 0.25) is 0 Å². The van der Waals surface area contributed by atoms with Crippen LogP contribution in [-0.4, -0.2) is 42.2 Å². The van der Waals surface area contributed by atoms with Gasteiger partial charge < -0.3 is 15.7 Å². The molecule has 4 heteroatoms. The molecule has 0 aromatic rings. The molecule has 0 rings (SSSR count). The second-order valence-electron chi connectivity index (χ2n) is 3.64. The molecule has 3 N–H and O–H groups in total. The van der Waals surface area contributed by atoms with E-state index in [0.717, 1.165) is 19.3 Å². The minimum Gasteiger partial charge on any atom is -0.394 e. The van der Waals surface area contributed by atoms with Gasteiger partial charge in [0.2, 0.25) is 5.91 Å². The molecule has 1 unspecified atom stereocenters. The maximum atomic E-state index is 11.5. The van der Waals surface area contributed by atoms with Crippen molar-refractivity contribution in [2.75, 3.05) is 20.2 Å². The highest BCUT2D eigenvalue weighted by Gasteiger charge is 2.13. The second-order valence-corrected chi connectivity index (χ2v) is 3.64. The van der Waals surface area contributed by atoms with Gasteiger partial charge in [-0.1, -0.05) is 6.42 Å². The average Bonchev–Trinajstić information content (AvgIpc) is 2.21. The van der Waals surface area contributed by atoms with Crippen LogP contribution in [0.4, 0.5) is 0 Å². The van der Waals surface area contributed by atoms with Crippen molar-refractivity contribution >= 4 is 5.91 Å². The molecule has 0 fully saturated rings. The SMILES string of the molecule is CC(CO)N(C)C(=O)CCCCCN. The summed E-state index contributed by atoms with van der Waals surface area (Å²) in [5.74, 6) is 0.101. The average molecular weight is 202 g/mol. The van der Waals surface area contributed by atoms with Crippen LogP contribution < -0.4 is 5.73 Å². The first-order valence-corrected chi connectivity index (χ1v) is 5.20. The lowest BCUT2D eigenvalue weighted by molar-refractivity contribution is -0.132. The molecule has 0 aromatic carbocycles. The van der Waals surface area contributed by atoms with E-state index >= 15 is 0 Å². The van der Waals surface area contributed by atoms with Gasteiger partial charge in [-0.05, 0) is 26.3 Å².